The fourth-order valence-corrected chi connectivity index (χ4v) is 3.38. The zero-order chi connectivity index (χ0) is 16.7. The largest absolute Gasteiger partial charge is 0.346 e. The summed E-state index contributed by atoms with van der Waals surface area (Å²) in [5, 5.41) is 3.96. The summed E-state index contributed by atoms with van der Waals surface area (Å²) in [4.78, 5) is 25.3. The van der Waals surface area contributed by atoms with Gasteiger partial charge in [-0.15, -0.1) is 0 Å². The molecule has 1 aromatic heterocycles. The molecule has 24 heavy (non-hydrogen) atoms. The first kappa shape index (κ1) is 15.0. The summed E-state index contributed by atoms with van der Waals surface area (Å²) in [5.41, 5.74) is 2.67. The first-order valence-corrected chi connectivity index (χ1v) is 8.23. The van der Waals surface area contributed by atoms with Gasteiger partial charge in [0.15, 0.2) is 0 Å². The van der Waals surface area contributed by atoms with Gasteiger partial charge in [0.25, 0.3) is 5.91 Å². The lowest BCUT2D eigenvalue weighted by Gasteiger charge is -2.20. The molecule has 0 spiro atoms. The minimum atomic E-state index is -0.399. The molecular weight excluding hydrogens is 324 g/mol. The van der Waals surface area contributed by atoms with Crippen LogP contribution in [0.4, 0.5) is 5.69 Å². The Morgan fingerprint density at radius 1 is 1.12 bits per heavy atom. The molecule has 120 valence electrons. The number of anilines is 1. The molecule has 1 aliphatic heterocycles. The van der Waals surface area contributed by atoms with Crippen LogP contribution in [0.3, 0.4) is 0 Å². The Balaban J connectivity index is 1.80. The molecule has 5 heteroatoms. The number of benzene rings is 2. The molecule has 0 aliphatic carbocycles. The number of carbonyl (C=O) groups excluding carboxylic acids is 1. The number of aromatic nitrogens is 1. The molecule has 3 aromatic rings. The number of pyridine rings is 1. The number of nitrogens with one attached hydrogen (secondary N) is 1. The summed E-state index contributed by atoms with van der Waals surface area (Å²) in [6.45, 7) is 0.815. The average molecular weight is 339 g/mol. The first-order valence-electron chi connectivity index (χ1n) is 7.85. The van der Waals surface area contributed by atoms with E-state index in [4.69, 9.17) is 11.6 Å². The molecule has 0 unspecified atom stereocenters. The Labute approximate surface area is 143 Å². The lowest BCUT2D eigenvalue weighted by atomic mass is 10.00. The van der Waals surface area contributed by atoms with Crippen LogP contribution in [0.1, 0.15) is 22.3 Å². The van der Waals surface area contributed by atoms with E-state index in [9.17, 15) is 9.59 Å². The van der Waals surface area contributed by atoms with Crippen molar-refractivity contribution in [3.63, 3.8) is 0 Å². The summed E-state index contributed by atoms with van der Waals surface area (Å²) < 4.78 is 2.02. The van der Waals surface area contributed by atoms with Crippen molar-refractivity contribution in [2.45, 2.75) is 19.4 Å². The van der Waals surface area contributed by atoms with Crippen molar-refractivity contribution in [2.24, 2.45) is 0 Å². The van der Waals surface area contributed by atoms with Crippen LogP contribution >= 0.6 is 11.6 Å². The van der Waals surface area contributed by atoms with E-state index in [1.807, 2.05) is 16.7 Å². The van der Waals surface area contributed by atoms with Gasteiger partial charge in [0.2, 0.25) is 5.43 Å². The van der Waals surface area contributed by atoms with Crippen LogP contribution < -0.4 is 10.7 Å². The molecule has 0 radical (unpaired) electrons. The Bertz CT molecular complexity index is 1010. The van der Waals surface area contributed by atoms with Crippen LogP contribution in [0.15, 0.2) is 53.5 Å². The zero-order valence-corrected chi connectivity index (χ0v) is 13.6. The second-order valence-electron chi connectivity index (χ2n) is 5.94. The van der Waals surface area contributed by atoms with E-state index in [0.717, 1.165) is 24.9 Å². The molecule has 0 saturated carbocycles. The minimum absolute atomic E-state index is 0.163. The van der Waals surface area contributed by atoms with Crippen molar-refractivity contribution >= 4 is 34.1 Å². The van der Waals surface area contributed by atoms with Gasteiger partial charge in [0, 0.05) is 28.8 Å². The van der Waals surface area contributed by atoms with E-state index in [-0.39, 0.29) is 11.0 Å². The maximum atomic E-state index is 12.8. The highest BCUT2D eigenvalue weighted by molar-refractivity contribution is 6.30. The second kappa shape index (κ2) is 5.80. The SMILES string of the molecule is O=C(Nc1ccc(Cl)cc1)c1cn2c3c(cccc3c1=O)CCC2. The number of hydrogen-bond donors (Lipinski definition) is 1. The van der Waals surface area contributed by atoms with E-state index >= 15 is 0 Å². The molecule has 0 saturated heterocycles. The van der Waals surface area contributed by atoms with Crippen LogP contribution in [0.2, 0.25) is 5.02 Å². The van der Waals surface area contributed by atoms with Gasteiger partial charge in [-0.25, -0.2) is 0 Å². The number of aryl methyl sites for hydroxylation is 2. The van der Waals surface area contributed by atoms with Crippen LogP contribution in [-0.4, -0.2) is 10.5 Å². The highest BCUT2D eigenvalue weighted by Gasteiger charge is 2.19. The Hall–Kier alpha value is -2.59. The zero-order valence-electron chi connectivity index (χ0n) is 12.9. The maximum absolute atomic E-state index is 12.8. The van der Waals surface area contributed by atoms with E-state index < -0.39 is 5.91 Å². The summed E-state index contributed by atoms with van der Waals surface area (Å²) in [6.07, 6.45) is 3.65. The van der Waals surface area contributed by atoms with Crippen molar-refractivity contribution in [3.05, 3.63) is 75.0 Å². The molecule has 0 fully saturated rings. The summed E-state index contributed by atoms with van der Waals surface area (Å²) >= 11 is 5.85. The van der Waals surface area contributed by atoms with Crippen LogP contribution in [-0.2, 0) is 13.0 Å². The van der Waals surface area contributed by atoms with Crippen LogP contribution in [0, 0.1) is 0 Å². The van der Waals surface area contributed by atoms with E-state index in [1.54, 1.807) is 36.5 Å². The van der Waals surface area contributed by atoms with E-state index in [0.29, 0.717) is 16.1 Å². The molecule has 1 aliphatic rings. The number of halogens is 1. The molecule has 4 nitrogen and oxygen atoms in total. The highest BCUT2D eigenvalue weighted by atomic mass is 35.5. The minimum Gasteiger partial charge on any atom is -0.346 e. The normalized spacial score (nSPS) is 13.0. The Morgan fingerprint density at radius 2 is 1.92 bits per heavy atom. The van der Waals surface area contributed by atoms with Gasteiger partial charge in [0.1, 0.15) is 5.56 Å². The molecule has 2 heterocycles. The quantitative estimate of drug-likeness (QED) is 0.771. The van der Waals surface area contributed by atoms with Gasteiger partial charge in [-0.05, 0) is 48.7 Å². The molecule has 0 atom stereocenters. The number of nitrogens with zero attached hydrogens (tertiary/aromatic N) is 1. The highest BCUT2D eigenvalue weighted by Crippen LogP contribution is 2.23. The van der Waals surface area contributed by atoms with Crippen molar-refractivity contribution < 1.29 is 4.79 Å². The number of carbonyl (C=O) groups is 1. The molecule has 4 rings (SSSR count). The lowest BCUT2D eigenvalue weighted by Crippen LogP contribution is -2.25. The number of amides is 1. The monoisotopic (exact) mass is 338 g/mol. The van der Waals surface area contributed by atoms with Gasteiger partial charge < -0.3 is 9.88 Å². The second-order valence-corrected chi connectivity index (χ2v) is 6.38. The number of para-hydroxylation sites is 1. The van der Waals surface area contributed by atoms with Crippen molar-refractivity contribution in [2.75, 3.05) is 5.32 Å². The third-order valence-electron chi connectivity index (χ3n) is 4.37. The maximum Gasteiger partial charge on any atom is 0.261 e. The molecule has 2 aromatic carbocycles. The van der Waals surface area contributed by atoms with Crippen molar-refractivity contribution in [1.82, 2.24) is 4.57 Å². The van der Waals surface area contributed by atoms with Gasteiger partial charge in [-0.3, -0.25) is 9.59 Å². The predicted molar refractivity (Wildman–Crippen MR) is 95.9 cm³/mol. The fraction of sp³-hybridized carbons (Fsp3) is 0.158. The summed E-state index contributed by atoms with van der Waals surface area (Å²) in [6, 6.07) is 12.5. The van der Waals surface area contributed by atoms with Crippen LogP contribution in [0.5, 0.6) is 0 Å². The number of rotatable bonds is 2. The molecule has 1 N–H and O–H groups in total. The summed E-state index contributed by atoms with van der Waals surface area (Å²) in [7, 11) is 0. The predicted octanol–water partition coefficient (Wildman–Crippen LogP) is 3.85. The average Bonchev–Trinajstić information content (AvgIpc) is 2.60. The van der Waals surface area contributed by atoms with E-state index in [2.05, 4.69) is 5.32 Å². The van der Waals surface area contributed by atoms with E-state index in [1.165, 1.54) is 5.56 Å². The van der Waals surface area contributed by atoms with Crippen LogP contribution in [0.25, 0.3) is 10.9 Å². The smallest absolute Gasteiger partial charge is 0.261 e. The Morgan fingerprint density at radius 3 is 2.71 bits per heavy atom. The standard InChI is InChI=1S/C19H15ClN2O2/c20-13-6-8-14(9-7-13)21-19(24)16-11-22-10-2-4-12-3-1-5-15(17(12)22)18(16)23/h1,3,5-9,11H,2,4,10H2,(H,21,24). The third-order valence-corrected chi connectivity index (χ3v) is 4.62. The van der Waals surface area contributed by atoms with Gasteiger partial charge in [-0.1, -0.05) is 23.7 Å². The molecule has 1 amide bonds. The van der Waals surface area contributed by atoms with Gasteiger partial charge >= 0.3 is 0 Å². The van der Waals surface area contributed by atoms with Crippen molar-refractivity contribution in [3.8, 4) is 0 Å². The topological polar surface area (TPSA) is 51.1 Å². The Kier molecular flexibility index (Phi) is 3.62. The fourth-order valence-electron chi connectivity index (χ4n) is 3.25. The van der Waals surface area contributed by atoms with Crippen molar-refractivity contribution in [1.29, 1.82) is 0 Å². The van der Waals surface area contributed by atoms with Gasteiger partial charge in [-0.2, -0.15) is 0 Å². The third kappa shape index (κ3) is 2.49. The molecular formula is C19H15ClN2O2. The lowest BCUT2D eigenvalue weighted by molar-refractivity contribution is 0.102. The van der Waals surface area contributed by atoms with Gasteiger partial charge in [0.05, 0.1) is 5.52 Å². The first-order chi connectivity index (χ1) is 11.6. The number of hydrogen-bond acceptors (Lipinski definition) is 2. The molecule has 0 bridgehead atoms. The summed E-state index contributed by atoms with van der Waals surface area (Å²) in [5.74, 6) is -0.399.